The van der Waals surface area contributed by atoms with Gasteiger partial charge in [-0.3, -0.25) is 14.0 Å². The summed E-state index contributed by atoms with van der Waals surface area (Å²) in [6.45, 7) is 1.29. The summed E-state index contributed by atoms with van der Waals surface area (Å²) in [6.07, 6.45) is 5.54. The number of hydrogen-bond donors (Lipinski definition) is 0. The fourth-order valence-corrected chi connectivity index (χ4v) is 3.03. The Hall–Kier alpha value is -1.41. The van der Waals surface area contributed by atoms with Crippen molar-refractivity contribution >= 4 is 41.1 Å². The van der Waals surface area contributed by atoms with Gasteiger partial charge in [-0.25, -0.2) is 4.68 Å². The molecule has 0 amide bonds. The van der Waals surface area contributed by atoms with E-state index in [1.807, 2.05) is 26.5 Å². The molecule has 0 aliphatic carbocycles. The van der Waals surface area contributed by atoms with Crippen LogP contribution in [0.4, 0.5) is 0 Å². The van der Waals surface area contributed by atoms with Crippen molar-refractivity contribution in [3.63, 3.8) is 0 Å². The third-order valence-electron chi connectivity index (χ3n) is 3.19. The zero-order chi connectivity index (χ0) is 15.9. The van der Waals surface area contributed by atoms with Crippen LogP contribution in [-0.4, -0.2) is 35.9 Å². The van der Waals surface area contributed by atoms with Crippen LogP contribution in [0.5, 0.6) is 0 Å². The van der Waals surface area contributed by atoms with E-state index in [0.29, 0.717) is 27.1 Å². The molecule has 22 heavy (non-hydrogen) atoms. The maximum atomic E-state index is 6.16. The topological polar surface area (TPSA) is 43.3 Å². The van der Waals surface area contributed by atoms with Crippen molar-refractivity contribution in [1.29, 1.82) is 0 Å². The van der Waals surface area contributed by atoms with Gasteiger partial charge in [0.2, 0.25) is 4.77 Å². The molecule has 0 atom stereocenters. The molecule has 3 aromatic rings. The van der Waals surface area contributed by atoms with E-state index in [4.69, 9.17) is 35.4 Å². The Bertz CT molecular complexity index is 880. The van der Waals surface area contributed by atoms with Gasteiger partial charge in [0.1, 0.15) is 0 Å². The van der Waals surface area contributed by atoms with Crippen molar-refractivity contribution in [3.05, 3.63) is 45.0 Å². The molecule has 0 radical (unpaired) electrons. The van der Waals surface area contributed by atoms with Crippen LogP contribution in [-0.2, 0) is 20.3 Å². The number of pyridine rings is 1. The van der Waals surface area contributed by atoms with Crippen molar-refractivity contribution in [2.45, 2.75) is 13.2 Å². The molecule has 6 nitrogen and oxygen atoms in total. The largest absolute Gasteiger partial charge is 0.283 e. The van der Waals surface area contributed by atoms with Crippen LogP contribution < -0.4 is 0 Å². The van der Waals surface area contributed by atoms with E-state index in [0.717, 1.165) is 12.1 Å². The minimum absolute atomic E-state index is 0.479. The quantitative estimate of drug-likeness (QED) is 0.674. The third kappa shape index (κ3) is 3.03. The van der Waals surface area contributed by atoms with Gasteiger partial charge < -0.3 is 0 Å². The third-order valence-corrected chi connectivity index (χ3v) is 4.08. The van der Waals surface area contributed by atoms with E-state index in [9.17, 15) is 0 Å². The number of nitrogens with zero attached hydrogens (tertiary/aromatic N) is 6. The Morgan fingerprint density at radius 3 is 2.77 bits per heavy atom. The summed E-state index contributed by atoms with van der Waals surface area (Å²) in [5.74, 6) is 0. The highest BCUT2D eigenvalue weighted by Gasteiger charge is 2.11. The molecular formula is C13H14Cl2N6S. The minimum atomic E-state index is 0.479. The molecule has 0 unspecified atom stereocenters. The Balaban J connectivity index is 1.86. The van der Waals surface area contributed by atoms with E-state index < -0.39 is 0 Å². The summed E-state index contributed by atoms with van der Waals surface area (Å²) in [4.78, 5) is 2.09. The van der Waals surface area contributed by atoms with E-state index in [1.165, 1.54) is 0 Å². The molecule has 9 heteroatoms. The van der Waals surface area contributed by atoms with E-state index in [2.05, 4.69) is 15.1 Å². The Labute approximate surface area is 142 Å². The van der Waals surface area contributed by atoms with Gasteiger partial charge in [-0.1, -0.05) is 23.2 Å². The monoisotopic (exact) mass is 356 g/mol. The second-order valence-corrected chi connectivity index (χ2v) is 6.37. The van der Waals surface area contributed by atoms with Crippen molar-refractivity contribution < 1.29 is 0 Å². The Morgan fingerprint density at radius 2 is 2.09 bits per heavy atom. The highest BCUT2D eigenvalue weighted by molar-refractivity contribution is 7.71. The number of hydrogen-bond acceptors (Lipinski definition) is 4. The number of halogens is 2. The van der Waals surface area contributed by atoms with Crippen molar-refractivity contribution in [3.8, 4) is 0 Å². The van der Waals surface area contributed by atoms with Crippen LogP contribution in [0, 0.1) is 4.77 Å². The fourth-order valence-electron chi connectivity index (χ4n) is 2.28. The van der Waals surface area contributed by atoms with Crippen LogP contribution in [0.25, 0.3) is 5.65 Å². The average molecular weight is 357 g/mol. The minimum Gasteiger partial charge on any atom is -0.283 e. The zero-order valence-electron chi connectivity index (χ0n) is 12.1. The molecule has 0 bridgehead atoms. The molecule has 0 aliphatic rings. The molecule has 116 valence electrons. The molecule has 0 spiro atoms. The molecule has 0 aromatic carbocycles. The van der Waals surface area contributed by atoms with Gasteiger partial charge in [-0.15, -0.1) is 5.10 Å². The number of rotatable bonds is 4. The van der Waals surface area contributed by atoms with Crippen LogP contribution in [0.15, 0.2) is 24.7 Å². The molecule has 0 N–H and O–H groups in total. The molecule has 3 heterocycles. The molecule has 3 rings (SSSR count). The normalized spacial score (nSPS) is 11.7. The summed E-state index contributed by atoms with van der Waals surface area (Å²) in [6, 6.07) is 1.66. The number of aryl methyl sites for hydroxylation is 1. The van der Waals surface area contributed by atoms with Gasteiger partial charge in [0.05, 0.1) is 22.9 Å². The molecular weight excluding hydrogens is 343 g/mol. The summed E-state index contributed by atoms with van der Waals surface area (Å²) in [5, 5.41) is 9.63. The van der Waals surface area contributed by atoms with E-state index in [1.54, 1.807) is 26.0 Å². The Morgan fingerprint density at radius 1 is 1.32 bits per heavy atom. The smallest absolute Gasteiger partial charge is 0.203 e. The maximum absolute atomic E-state index is 6.16. The predicted octanol–water partition coefficient (Wildman–Crippen LogP) is 3.00. The second kappa shape index (κ2) is 6.00. The molecule has 0 saturated heterocycles. The first-order chi connectivity index (χ1) is 10.4. The second-order valence-electron chi connectivity index (χ2n) is 5.16. The fraction of sp³-hybridized carbons (Fsp3) is 0.308. The van der Waals surface area contributed by atoms with Gasteiger partial charge in [0, 0.05) is 31.5 Å². The summed E-state index contributed by atoms with van der Waals surface area (Å²) in [5.41, 5.74) is 1.73. The van der Waals surface area contributed by atoms with E-state index >= 15 is 0 Å². The zero-order valence-corrected chi connectivity index (χ0v) is 14.4. The summed E-state index contributed by atoms with van der Waals surface area (Å²) in [7, 11) is 3.89. The first-order valence-corrected chi connectivity index (χ1v) is 7.71. The highest BCUT2D eigenvalue weighted by atomic mass is 35.5. The average Bonchev–Trinajstić information content (AvgIpc) is 2.96. The summed E-state index contributed by atoms with van der Waals surface area (Å²) < 4.78 is 5.78. The van der Waals surface area contributed by atoms with Gasteiger partial charge in [0.15, 0.2) is 5.65 Å². The highest BCUT2D eigenvalue weighted by Crippen LogP contribution is 2.21. The predicted molar refractivity (Wildman–Crippen MR) is 88.7 cm³/mol. The van der Waals surface area contributed by atoms with Gasteiger partial charge >= 0.3 is 0 Å². The lowest BCUT2D eigenvalue weighted by molar-refractivity contribution is 0.244. The number of aromatic nitrogens is 5. The van der Waals surface area contributed by atoms with Gasteiger partial charge in [-0.05, 0) is 25.3 Å². The Kier molecular flexibility index (Phi) is 4.22. The SMILES string of the molecule is CN(Cc1cnn(C)c1)Cn1nc2c(Cl)cc(Cl)cn2c1=S. The lowest BCUT2D eigenvalue weighted by atomic mass is 10.3. The van der Waals surface area contributed by atoms with Crippen LogP contribution in [0.1, 0.15) is 5.56 Å². The van der Waals surface area contributed by atoms with Crippen molar-refractivity contribution in [2.75, 3.05) is 7.05 Å². The van der Waals surface area contributed by atoms with Crippen LogP contribution in [0.2, 0.25) is 10.0 Å². The lowest BCUT2D eigenvalue weighted by Gasteiger charge is -2.14. The van der Waals surface area contributed by atoms with Crippen molar-refractivity contribution in [1.82, 2.24) is 28.9 Å². The molecule has 0 fully saturated rings. The van der Waals surface area contributed by atoms with E-state index in [-0.39, 0.29) is 0 Å². The molecule has 0 aliphatic heterocycles. The molecule has 0 saturated carbocycles. The summed E-state index contributed by atoms with van der Waals surface area (Å²) >= 11 is 17.6. The lowest BCUT2D eigenvalue weighted by Crippen LogP contribution is -2.22. The standard InChI is InChI=1S/C13H14Cl2N6S/c1-18(5-9-4-16-19(2)6-9)8-21-13(22)20-7-10(14)3-11(15)12(20)17-21/h3-4,6-7H,5,8H2,1-2H3. The van der Waals surface area contributed by atoms with Crippen LogP contribution in [0.3, 0.4) is 0 Å². The molecule has 3 aromatic heterocycles. The van der Waals surface area contributed by atoms with Gasteiger partial charge in [0.25, 0.3) is 0 Å². The van der Waals surface area contributed by atoms with Crippen LogP contribution >= 0.6 is 35.4 Å². The maximum Gasteiger partial charge on any atom is 0.203 e. The first kappa shape index (κ1) is 15.5. The van der Waals surface area contributed by atoms with Crippen molar-refractivity contribution in [2.24, 2.45) is 7.05 Å². The number of fused-ring (bicyclic) bond motifs is 1. The first-order valence-electron chi connectivity index (χ1n) is 6.54. The van der Waals surface area contributed by atoms with Gasteiger partial charge in [-0.2, -0.15) is 5.10 Å².